The lowest BCUT2D eigenvalue weighted by atomic mass is 9.73. The van der Waals surface area contributed by atoms with Crippen LogP contribution in [0.5, 0.6) is 0 Å². The molecule has 7 heteroatoms. The number of fused-ring (bicyclic) bond motifs is 2. The van der Waals surface area contributed by atoms with Crippen LogP contribution in [0.1, 0.15) is 44.1 Å². The molecule has 6 nitrogen and oxygen atoms in total. The van der Waals surface area contributed by atoms with Crippen molar-refractivity contribution in [3.8, 4) is 0 Å². The fourth-order valence-corrected chi connectivity index (χ4v) is 6.71. The predicted molar refractivity (Wildman–Crippen MR) is 103 cm³/mol. The van der Waals surface area contributed by atoms with Gasteiger partial charge in [0, 0.05) is 31.3 Å². The van der Waals surface area contributed by atoms with E-state index in [1.54, 1.807) is 4.31 Å². The Kier molecular flexibility index (Phi) is 5.03. The van der Waals surface area contributed by atoms with E-state index in [0.29, 0.717) is 38.9 Å². The highest BCUT2D eigenvalue weighted by atomic mass is 32.2. The number of sulfonamides is 1. The van der Waals surface area contributed by atoms with Crippen LogP contribution in [-0.2, 0) is 25.0 Å². The van der Waals surface area contributed by atoms with Gasteiger partial charge in [-0.3, -0.25) is 4.79 Å². The van der Waals surface area contributed by atoms with Crippen molar-refractivity contribution < 1.29 is 17.9 Å². The molecule has 0 radical (unpaired) electrons. The first-order chi connectivity index (χ1) is 12.9. The minimum Gasteiger partial charge on any atom is -0.381 e. The molecule has 4 rings (SSSR count). The summed E-state index contributed by atoms with van der Waals surface area (Å²) in [5.41, 5.74) is 0.495. The Labute approximate surface area is 161 Å². The lowest BCUT2D eigenvalue weighted by Crippen LogP contribution is -2.56. The fourth-order valence-electron chi connectivity index (χ4n) is 5.24. The van der Waals surface area contributed by atoms with Gasteiger partial charge in [0.05, 0.1) is 11.7 Å². The number of nitrogens with zero attached hydrogens (tertiary/aromatic N) is 1. The number of carbonyl (C=O) groups excluding carboxylic acids is 1. The molecule has 0 saturated carbocycles. The third kappa shape index (κ3) is 3.52. The van der Waals surface area contributed by atoms with Gasteiger partial charge in [0.2, 0.25) is 15.9 Å². The van der Waals surface area contributed by atoms with E-state index in [4.69, 9.17) is 4.74 Å². The number of hydrogen-bond acceptors (Lipinski definition) is 4. The second-order valence-electron chi connectivity index (χ2n) is 8.18. The molecule has 0 aromatic heterocycles. The minimum atomic E-state index is -3.19. The zero-order valence-electron chi connectivity index (χ0n) is 15.8. The number of rotatable bonds is 4. The summed E-state index contributed by atoms with van der Waals surface area (Å²) in [6.07, 6.45) is 5.84. The maximum atomic E-state index is 13.4. The van der Waals surface area contributed by atoms with Crippen LogP contribution >= 0.6 is 0 Å². The first kappa shape index (κ1) is 18.9. The van der Waals surface area contributed by atoms with Gasteiger partial charge in [-0.15, -0.1) is 0 Å². The Morgan fingerprint density at radius 1 is 1.11 bits per heavy atom. The van der Waals surface area contributed by atoms with Crippen LogP contribution in [0.15, 0.2) is 30.3 Å². The summed E-state index contributed by atoms with van der Waals surface area (Å²) >= 11 is 0. The molecule has 1 amide bonds. The monoisotopic (exact) mass is 392 g/mol. The van der Waals surface area contributed by atoms with Crippen molar-refractivity contribution in [1.29, 1.82) is 0 Å². The van der Waals surface area contributed by atoms with Crippen LogP contribution in [-0.4, -0.2) is 56.2 Å². The second kappa shape index (κ2) is 7.18. The highest BCUT2D eigenvalue weighted by Crippen LogP contribution is 2.39. The summed E-state index contributed by atoms with van der Waals surface area (Å²) in [6, 6.07) is 10.1. The molecule has 2 unspecified atom stereocenters. The average Bonchev–Trinajstić information content (AvgIpc) is 2.95. The van der Waals surface area contributed by atoms with Gasteiger partial charge in [-0.05, 0) is 44.1 Å². The Bertz CT molecular complexity index is 775. The molecule has 2 bridgehead atoms. The molecular formula is C20H28N2O4S. The molecular weight excluding hydrogens is 364 g/mol. The van der Waals surface area contributed by atoms with Crippen molar-refractivity contribution >= 4 is 15.9 Å². The van der Waals surface area contributed by atoms with E-state index in [2.05, 4.69) is 5.32 Å². The number of nitrogens with one attached hydrogen (secondary N) is 1. The van der Waals surface area contributed by atoms with Crippen LogP contribution < -0.4 is 5.32 Å². The van der Waals surface area contributed by atoms with Crippen LogP contribution in [0.2, 0.25) is 0 Å². The zero-order valence-corrected chi connectivity index (χ0v) is 16.6. The van der Waals surface area contributed by atoms with Gasteiger partial charge in [-0.25, -0.2) is 8.42 Å². The minimum absolute atomic E-state index is 0.0198. The Morgan fingerprint density at radius 2 is 1.70 bits per heavy atom. The highest BCUT2D eigenvalue weighted by Gasteiger charge is 2.47. The molecule has 3 saturated heterocycles. The van der Waals surface area contributed by atoms with Gasteiger partial charge in [-0.1, -0.05) is 30.3 Å². The quantitative estimate of drug-likeness (QED) is 0.848. The molecule has 148 valence electrons. The average molecular weight is 393 g/mol. The topological polar surface area (TPSA) is 75.7 Å². The molecule has 1 N–H and O–H groups in total. The first-order valence-electron chi connectivity index (χ1n) is 9.83. The number of benzene rings is 1. The fraction of sp³-hybridized carbons (Fsp3) is 0.650. The van der Waals surface area contributed by atoms with Crippen molar-refractivity contribution in [3.63, 3.8) is 0 Å². The molecule has 1 aromatic rings. The molecule has 2 atom stereocenters. The van der Waals surface area contributed by atoms with Crippen LogP contribution in [0.4, 0.5) is 0 Å². The van der Waals surface area contributed by atoms with Crippen LogP contribution in [0.3, 0.4) is 0 Å². The van der Waals surface area contributed by atoms with Gasteiger partial charge in [0.15, 0.2) is 0 Å². The Hall–Kier alpha value is -1.44. The number of hydrogen-bond donors (Lipinski definition) is 1. The van der Waals surface area contributed by atoms with E-state index in [0.717, 1.165) is 18.4 Å². The summed E-state index contributed by atoms with van der Waals surface area (Å²) in [5.74, 6) is 0.0641. The van der Waals surface area contributed by atoms with Crippen molar-refractivity contribution in [2.75, 3.05) is 19.5 Å². The highest BCUT2D eigenvalue weighted by molar-refractivity contribution is 7.88. The Balaban J connectivity index is 1.52. The van der Waals surface area contributed by atoms with E-state index in [-0.39, 0.29) is 24.0 Å². The summed E-state index contributed by atoms with van der Waals surface area (Å²) in [6.45, 7) is 1.17. The maximum absolute atomic E-state index is 13.4. The van der Waals surface area contributed by atoms with Gasteiger partial charge < -0.3 is 10.1 Å². The molecule has 3 heterocycles. The summed E-state index contributed by atoms with van der Waals surface area (Å²) in [5, 5.41) is 3.28. The van der Waals surface area contributed by atoms with Gasteiger partial charge in [0.1, 0.15) is 0 Å². The number of ether oxygens (including phenoxy) is 1. The lowest BCUT2D eigenvalue weighted by molar-refractivity contribution is -0.131. The number of amides is 1. The maximum Gasteiger partial charge on any atom is 0.231 e. The molecule has 0 aliphatic carbocycles. The Morgan fingerprint density at radius 3 is 2.26 bits per heavy atom. The summed E-state index contributed by atoms with van der Waals surface area (Å²) in [7, 11) is -3.19. The molecule has 1 aromatic carbocycles. The molecule has 3 fully saturated rings. The summed E-state index contributed by atoms with van der Waals surface area (Å²) in [4.78, 5) is 13.4. The molecule has 3 aliphatic heterocycles. The van der Waals surface area contributed by atoms with Gasteiger partial charge in [0.25, 0.3) is 0 Å². The normalized spacial score (nSPS) is 30.8. The van der Waals surface area contributed by atoms with Crippen molar-refractivity contribution in [1.82, 2.24) is 9.62 Å². The van der Waals surface area contributed by atoms with Crippen molar-refractivity contribution in [3.05, 3.63) is 35.9 Å². The number of carbonyl (C=O) groups is 1. The van der Waals surface area contributed by atoms with Gasteiger partial charge >= 0.3 is 0 Å². The van der Waals surface area contributed by atoms with E-state index >= 15 is 0 Å². The largest absolute Gasteiger partial charge is 0.381 e. The van der Waals surface area contributed by atoms with Crippen LogP contribution in [0.25, 0.3) is 0 Å². The van der Waals surface area contributed by atoms with E-state index in [1.807, 2.05) is 30.3 Å². The standard InChI is InChI=1S/C20H28N2O4S/c1-27(24,25)22-17-7-8-18(22)14-16(13-17)21-19(23)20(9-11-26-12-10-20)15-5-3-2-4-6-15/h2-6,16-18H,7-14H2,1H3,(H,21,23). The smallest absolute Gasteiger partial charge is 0.231 e. The van der Waals surface area contributed by atoms with E-state index < -0.39 is 15.4 Å². The molecule has 27 heavy (non-hydrogen) atoms. The van der Waals surface area contributed by atoms with Crippen molar-refractivity contribution in [2.45, 2.75) is 62.1 Å². The number of piperidine rings is 1. The predicted octanol–water partition coefficient (Wildman–Crippen LogP) is 1.81. The molecule has 3 aliphatic rings. The van der Waals surface area contributed by atoms with Crippen molar-refractivity contribution in [2.24, 2.45) is 0 Å². The third-order valence-corrected chi connectivity index (χ3v) is 7.85. The van der Waals surface area contributed by atoms with E-state index in [9.17, 15) is 13.2 Å². The van der Waals surface area contributed by atoms with E-state index in [1.165, 1.54) is 6.26 Å². The van der Waals surface area contributed by atoms with Gasteiger partial charge in [-0.2, -0.15) is 4.31 Å². The zero-order chi connectivity index (χ0) is 19.1. The third-order valence-electron chi connectivity index (χ3n) is 6.49. The van der Waals surface area contributed by atoms with Crippen LogP contribution in [0, 0.1) is 0 Å². The lowest BCUT2D eigenvalue weighted by Gasteiger charge is -2.41. The summed E-state index contributed by atoms with van der Waals surface area (Å²) < 4.78 is 31.4. The SMILES string of the molecule is CS(=O)(=O)N1C2CCC1CC(NC(=O)C1(c3ccccc3)CCOCC1)C2. The molecule has 0 spiro atoms. The second-order valence-corrected chi connectivity index (χ2v) is 10.1. The first-order valence-corrected chi connectivity index (χ1v) is 11.7.